The second-order valence-corrected chi connectivity index (χ2v) is 21.0. The van der Waals surface area contributed by atoms with Crippen LogP contribution in [0.15, 0.2) is 212 Å². The van der Waals surface area contributed by atoms with E-state index in [-0.39, 0.29) is 48.7 Å². The molecule has 3 aliphatic rings. The van der Waals surface area contributed by atoms with Crippen LogP contribution in [-0.2, 0) is 95.7 Å². The van der Waals surface area contributed by atoms with E-state index in [0.717, 1.165) is 30.7 Å². The molecule has 3 fully saturated rings. The zero-order chi connectivity index (χ0) is 62.8. The molecule has 0 amide bonds. The van der Waals surface area contributed by atoms with Crippen molar-refractivity contribution in [2.24, 2.45) is 0 Å². The third-order valence-electron chi connectivity index (χ3n) is 14.8. The molecule has 90 heavy (non-hydrogen) atoms. The lowest BCUT2D eigenvalue weighted by Crippen LogP contribution is -2.68. The minimum atomic E-state index is -2.26. The van der Waals surface area contributed by atoms with E-state index in [9.17, 15) is 33.9 Å². The summed E-state index contributed by atoms with van der Waals surface area (Å²) in [6.45, 7) is 0.254. The summed E-state index contributed by atoms with van der Waals surface area (Å²) in [6, 6.07) is 59.3. The van der Waals surface area contributed by atoms with E-state index >= 15 is 0 Å². The molecule has 0 aromatic heterocycles. The standard InChI is InChI=1S/C69H66O21/c1-43(70)82-56-57(89-68-60(87-64(73)49-34-20-8-21-35-49)54(85-63(72)48-32-18-7-19-33-48)52(42-81-68)83-62(71)47-30-16-6-17-31-47)59(67(76)86-58(56)66(75)77-2)90-69-61(88-65(74)50-36-22-9-23-37-50)55(80-40-46-28-14-5-15-29-46)53(79-39-45-26-12-4-13-27-45)51(84-69)41-78-38-44-24-10-3-11-25-44/h3-37,51-61,67-69,76H,38-42H2,1-2H3/t51-,52-,53+,54+,55+,56+,57+,58+,59-,60-,61-,67+,68+,69+/m1/s1. The van der Waals surface area contributed by atoms with Crippen LogP contribution >= 0.6 is 0 Å². The first-order valence-corrected chi connectivity index (χ1v) is 29.0. The van der Waals surface area contributed by atoms with Gasteiger partial charge in [-0.05, 0) is 65.2 Å². The van der Waals surface area contributed by atoms with Gasteiger partial charge in [0.15, 0.2) is 55.5 Å². The number of hydrogen-bond acceptors (Lipinski definition) is 21. The molecule has 14 atom stereocenters. The summed E-state index contributed by atoms with van der Waals surface area (Å²) >= 11 is 0. The zero-order valence-corrected chi connectivity index (χ0v) is 48.9. The van der Waals surface area contributed by atoms with Gasteiger partial charge in [-0.15, -0.1) is 0 Å². The molecule has 3 heterocycles. The number of carbonyl (C=O) groups is 6. The molecule has 21 nitrogen and oxygen atoms in total. The number of hydrogen-bond donors (Lipinski definition) is 1. The van der Waals surface area contributed by atoms with Crippen LogP contribution in [0.1, 0.15) is 65.0 Å². The largest absolute Gasteiger partial charge is 0.467 e. The lowest BCUT2D eigenvalue weighted by molar-refractivity contribution is -0.382. The third kappa shape index (κ3) is 16.6. The molecule has 0 radical (unpaired) electrons. The first kappa shape index (κ1) is 64.0. The van der Waals surface area contributed by atoms with Crippen molar-refractivity contribution < 1.29 is 100 Å². The van der Waals surface area contributed by atoms with Crippen LogP contribution in [0.2, 0.25) is 0 Å². The van der Waals surface area contributed by atoms with Crippen molar-refractivity contribution in [1.82, 2.24) is 0 Å². The Morgan fingerprint density at radius 1 is 0.422 bits per heavy atom. The molecular formula is C69H66O21. The minimum absolute atomic E-state index is 0.00949. The molecule has 0 spiro atoms. The zero-order valence-electron chi connectivity index (χ0n) is 48.9. The van der Waals surface area contributed by atoms with Crippen LogP contribution in [0.25, 0.3) is 0 Å². The van der Waals surface area contributed by atoms with Gasteiger partial charge < -0.3 is 71.4 Å². The number of methoxy groups -OCH3 is 1. The first-order chi connectivity index (χ1) is 43.9. The van der Waals surface area contributed by atoms with Crippen molar-refractivity contribution in [1.29, 1.82) is 0 Å². The van der Waals surface area contributed by atoms with E-state index in [2.05, 4.69) is 0 Å². The van der Waals surface area contributed by atoms with Crippen molar-refractivity contribution in [3.8, 4) is 0 Å². The Morgan fingerprint density at radius 3 is 1.28 bits per heavy atom. The predicted molar refractivity (Wildman–Crippen MR) is 315 cm³/mol. The average Bonchev–Trinajstić information content (AvgIpc) is 0.889. The van der Waals surface area contributed by atoms with Crippen LogP contribution in [0.4, 0.5) is 0 Å². The molecular weight excluding hydrogens is 1160 g/mol. The van der Waals surface area contributed by atoms with Gasteiger partial charge >= 0.3 is 35.8 Å². The fourth-order valence-electron chi connectivity index (χ4n) is 10.4. The van der Waals surface area contributed by atoms with E-state index in [0.29, 0.717) is 0 Å². The highest BCUT2D eigenvalue weighted by atomic mass is 16.8. The lowest BCUT2D eigenvalue weighted by Gasteiger charge is -2.49. The monoisotopic (exact) mass is 1230 g/mol. The number of carbonyl (C=O) groups excluding carboxylic acids is 6. The number of benzene rings is 7. The molecule has 3 saturated heterocycles. The summed E-state index contributed by atoms with van der Waals surface area (Å²) in [4.78, 5) is 84.5. The summed E-state index contributed by atoms with van der Waals surface area (Å²) < 4.78 is 88.9. The second-order valence-electron chi connectivity index (χ2n) is 21.0. The first-order valence-electron chi connectivity index (χ1n) is 29.0. The molecule has 7 aromatic rings. The molecule has 0 saturated carbocycles. The topological polar surface area (TPSA) is 252 Å². The van der Waals surface area contributed by atoms with Crippen molar-refractivity contribution >= 4 is 35.8 Å². The Balaban J connectivity index is 1.08. The highest BCUT2D eigenvalue weighted by molar-refractivity contribution is 5.91. The van der Waals surface area contributed by atoms with Gasteiger partial charge in [0, 0.05) is 6.92 Å². The minimum Gasteiger partial charge on any atom is -0.467 e. The average molecular weight is 1230 g/mol. The van der Waals surface area contributed by atoms with Crippen LogP contribution < -0.4 is 0 Å². The fraction of sp³-hybridized carbons (Fsp3) is 0.304. The summed E-state index contributed by atoms with van der Waals surface area (Å²) in [5.74, 6) is -5.82. The van der Waals surface area contributed by atoms with Crippen LogP contribution in [0.5, 0.6) is 0 Å². The van der Waals surface area contributed by atoms with Gasteiger partial charge in [-0.25, -0.2) is 24.0 Å². The molecule has 21 heteroatoms. The third-order valence-corrected chi connectivity index (χ3v) is 14.8. The van der Waals surface area contributed by atoms with E-state index in [4.69, 9.17) is 66.3 Å². The normalized spacial score (nSPS) is 25.5. The summed E-state index contributed by atoms with van der Waals surface area (Å²) in [5, 5.41) is 12.5. The summed E-state index contributed by atoms with van der Waals surface area (Å²) in [7, 11) is 1.03. The van der Waals surface area contributed by atoms with Gasteiger partial charge in [0.05, 0.1) is 62.4 Å². The van der Waals surface area contributed by atoms with Gasteiger partial charge in [0.25, 0.3) is 0 Å². The smallest absolute Gasteiger partial charge is 0.339 e. The molecule has 0 unspecified atom stereocenters. The van der Waals surface area contributed by atoms with Gasteiger partial charge in [-0.3, -0.25) is 4.79 Å². The molecule has 3 aliphatic heterocycles. The molecule has 0 aliphatic carbocycles. The Morgan fingerprint density at radius 2 is 0.822 bits per heavy atom. The van der Waals surface area contributed by atoms with Crippen molar-refractivity contribution in [2.45, 2.75) is 113 Å². The lowest BCUT2D eigenvalue weighted by atomic mass is 9.95. The maximum Gasteiger partial charge on any atom is 0.339 e. The fourth-order valence-corrected chi connectivity index (χ4v) is 10.4. The Hall–Kier alpha value is -9.00. The van der Waals surface area contributed by atoms with Crippen LogP contribution in [0.3, 0.4) is 0 Å². The van der Waals surface area contributed by atoms with E-state index in [1.54, 1.807) is 72.8 Å². The number of esters is 6. The SMILES string of the molecule is COC(=O)[C@H]1O[C@H](O)[C@H](O[C@@H]2O[C@H](COCc3ccccc3)[C@H](OCc3ccccc3)[C@H](OCc3ccccc3)[C@H]2OC(=O)c2ccccc2)[C@@H](O[C@@H]2OC[C@@H](OC(=O)c3ccccc3)[C@H](OC(=O)c3ccccc3)[C@H]2OC(=O)c2ccccc2)[C@@H]1OC(C)=O. The number of aliphatic hydroxyl groups is 1. The Kier molecular flexibility index (Phi) is 22.4. The van der Waals surface area contributed by atoms with E-state index in [1.807, 2.05) is 91.0 Å². The molecule has 0 bridgehead atoms. The van der Waals surface area contributed by atoms with Crippen LogP contribution in [0, 0.1) is 0 Å². The molecule has 468 valence electrons. The van der Waals surface area contributed by atoms with Crippen molar-refractivity contribution in [3.05, 3.63) is 251 Å². The van der Waals surface area contributed by atoms with Crippen LogP contribution in [-0.4, -0.2) is 147 Å². The van der Waals surface area contributed by atoms with E-state index in [1.165, 1.54) is 48.5 Å². The second kappa shape index (κ2) is 31.4. The number of ether oxygens (including phenoxy) is 14. The highest BCUT2D eigenvalue weighted by Gasteiger charge is 2.59. The van der Waals surface area contributed by atoms with Gasteiger partial charge in [0.1, 0.15) is 30.5 Å². The summed E-state index contributed by atoms with van der Waals surface area (Å²) in [5.41, 5.74) is 2.61. The van der Waals surface area contributed by atoms with Gasteiger partial charge in [0.2, 0.25) is 0 Å². The maximum absolute atomic E-state index is 14.6. The van der Waals surface area contributed by atoms with E-state index < -0.39 is 128 Å². The number of rotatable bonds is 24. The molecule has 10 rings (SSSR count). The predicted octanol–water partition coefficient (Wildman–Crippen LogP) is 7.95. The molecule has 7 aromatic carbocycles. The summed E-state index contributed by atoms with van der Waals surface area (Å²) in [6.07, 6.45) is -24.4. The van der Waals surface area contributed by atoms with Crippen molar-refractivity contribution in [3.63, 3.8) is 0 Å². The maximum atomic E-state index is 14.6. The van der Waals surface area contributed by atoms with Crippen molar-refractivity contribution in [2.75, 3.05) is 20.3 Å². The quantitative estimate of drug-likeness (QED) is 0.0445. The van der Waals surface area contributed by atoms with Gasteiger partial charge in [-0.1, -0.05) is 164 Å². The highest BCUT2D eigenvalue weighted by Crippen LogP contribution is 2.38. The Bertz CT molecular complexity index is 3420. The van der Waals surface area contributed by atoms with Gasteiger partial charge in [-0.2, -0.15) is 0 Å². The molecule has 1 N–H and O–H groups in total. The number of aliphatic hydroxyl groups excluding tert-OH is 1. The Labute approximate surface area is 518 Å².